The van der Waals surface area contributed by atoms with E-state index in [1.54, 1.807) is 30.3 Å². The number of hydrogen-bond acceptors (Lipinski definition) is 4. The van der Waals surface area contributed by atoms with Gasteiger partial charge in [-0.3, -0.25) is 10.1 Å². The van der Waals surface area contributed by atoms with Crippen LogP contribution in [0.15, 0.2) is 48.5 Å². The predicted octanol–water partition coefficient (Wildman–Crippen LogP) is 3.93. The molecule has 23 heavy (non-hydrogen) atoms. The number of carbonyl (C=O) groups is 1. The van der Waals surface area contributed by atoms with Gasteiger partial charge in [-0.05, 0) is 41.5 Å². The fourth-order valence-electron chi connectivity index (χ4n) is 1.78. The summed E-state index contributed by atoms with van der Waals surface area (Å²) in [6.07, 6.45) is 2.44. The monoisotopic (exact) mass is 333 g/mol. The summed E-state index contributed by atoms with van der Waals surface area (Å²) in [6.45, 7) is 0.210. The molecule has 2 rings (SSSR count). The Bertz CT molecular complexity index is 756. The third kappa shape index (κ3) is 4.82. The Hall–Kier alpha value is -2.86. The van der Waals surface area contributed by atoms with E-state index in [2.05, 4.69) is 0 Å². The second-order valence-corrected chi connectivity index (χ2v) is 4.98. The van der Waals surface area contributed by atoms with E-state index in [1.165, 1.54) is 18.2 Å². The summed E-state index contributed by atoms with van der Waals surface area (Å²) in [4.78, 5) is 20.6. The van der Waals surface area contributed by atoms with E-state index in [9.17, 15) is 14.9 Å². The number of non-ortho nitro benzene ring substituents is 1. The van der Waals surface area contributed by atoms with E-state index in [4.69, 9.17) is 21.4 Å². The number of aliphatic carboxylic acids is 1. The van der Waals surface area contributed by atoms with E-state index in [1.807, 2.05) is 0 Å². The molecule has 2 aromatic carbocycles. The number of hydrogen-bond donors (Lipinski definition) is 1. The molecule has 0 spiro atoms. The molecule has 0 saturated heterocycles. The molecule has 0 saturated carbocycles. The Balaban J connectivity index is 2.03. The van der Waals surface area contributed by atoms with E-state index < -0.39 is 10.9 Å². The summed E-state index contributed by atoms with van der Waals surface area (Å²) >= 11 is 6.08. The van der Waals surface area contributed by atoms with Gasteiger partial charge in [0.15, 0.2) is 0 Å². The summed E-state index contributed by atoms with van der Waals surface area (Å²) in [5.74, 6) is -0.600. The lowest BCUT2D eigenvalue weighted by atomic mass is 10.2. The quantitative estimate of drug-likeness (QED) is 0.491. The first kappa shape index (κ1) is 16.5. The molecule has 0 bridgehead atoms. The maximum Gasteiger partial charge on any atom is 0.328 e. The van der Waals surface area contributed by atoms with Crippen LogP contribution in [0.4, 0.5) is 5.69 Å². The number of carboxylic acid groups (broad SMARTS) is 1. The van der Waals surface area contributed by atoms with Crippen molar-refractivity contribution >= 4 is 29.3 Å². The van der Waals surface area contributed by atoms with Gasteiger partial charge in [-0.15, -0.1) is 0 Å². The van der Waals surface area contributed by atoms with Gasteiger partial charge in [-0.25, -0.2) is 4.79 Å². The summed E-state index contributed by atoms with van der Waals surface area (Å²) in [5, 5.41) is 19.5. The van der Waals surface area contributed by atoms with Crippen molar-refractivity contribution in [3.63, 3.8) is 0 Å². The van der Waals surface area contributed by atoms with Gasteiger partial charge < -0.3 is 9.84 Å². The maximum absolute atomic E-state index is 10.6. The highest BCUT2D eigenvalue weighted by atomic mass is 35.5. The molecule has 0 radical (unpaired) electrons. The highest BCUT2D eigenvalue weighted by Crippen LogP contribution is 2.27. The largest absolute Gasteiger partial charge is 0.487 e. The van der Waals surface area contributed by atoms with Crippen LogP contribution >= 0.6 is 11.6 Å². The predicted molar refractivity (Wildman–Crippen MR) is 85.6 cm³/mol. The highest BCUT2D eigenvalue weighted by Gasteiger charge is 2.06. The number of halogens is 1. The Kier molecular flexibility index (Phi) is 5.32. The first-order chi connectivity index (χ1) is 11.0. The van der Waals surface area contributed by atoms with Gasteiger partial charge in [-0.2, -0.15) is 0 Å². The SMILES string of the molecule is O=C(O)/C=C/c1ccc(OCc2ccc([N+](=O)[O-])cc2)c(Cl)c1. The van der Waals surface area contributed by atoms with E-state index in [0.29, 0.717) is 16.3 Å². The molecule has 0 atom stereocenters. The Labute approximate surface area is 136 Å². The van der Waals surface area contributed by atoms with Gasteiger partial charge in [-0.1, -0.05) is 17.7 Å². The Morgan fingerprint density at radius 2 is 1.96 bits per heavy atom. The first-order valence-electron chi connectivity index (χ1n) is 6.52. The van der Waals surface area contributed by atoms with Crippen LogP contribution in [0, 0.1) is 10.1 Å². The van der Waals surface area contributed by atoms with Gasteiger partial charge in [0.1, 0.15) is 12.4 Å². The molecule has 0 aliphatic heterocycles. The average molecular weight is 334 g/mol. The van der Waals surface area contributed by atoms with Crippen LogP contribution in [-0.2, 0) is 11.4 Å². The molecule has 0 aliphatic rings. The van der Waals surface area contributed by atoms with Crippen molar-refractivity contribution in [1.82, 2.24) is 0 Å². The minimum absolute atomic E-state index is 0.0151. The average Bonchev–Trinajstić information content (AvgIpc) is 2.52. The Morgan fingerprint density at radius 1 is 1.26 bits per heavy atom. The fourth-order valence-corrected chi connectivity index (χ4v) is 2.02. The lowest BCUT2D eigenvalue weighted by Gasteiger charge is -2.08. The number of nitrogens with zero attached hydrogens (tertiary/aromatic N) is 1. The topological polar surface area (TPSA) is 89.7 Å². The van der Waals surface area contributed by atoms with Crippen molar-refractivity contribution in [2.24, 2.45) is 0 Å². The summed E-state index contributed by atoms with van der Waals surface area (Å²) in [7, 11) is 0. The lowest BCUT2D eigenvalue weighted by molar-refractivity contribution is -0.384. The normalized spacial score (nSPS) is 10.7. The number of nitro benzene ring substituents is 1. The van der Waals surface area contributed by atoms with Gasteiger partial charge >= 0.3 is 5.97 Å². The second-order valence-electron chi connectivity index (χ2n) is 4.57. The molecule has 118 valence electrons. The van der Waals surface area contributed by atoms with Crippen molar-refractivity contribution in [2.45, 2.75) is 6.61 Å². The lowest BCUT2D eigenvalue weighted by Crippen LogP contribution is -1.97. The van der Waals surface area contributed by atoms with Crippen LogP contribution in [-0.4, -0.2) is 16.0 Å². The molecule has 2 aromatic rings. The van der Waals surface area contributed by atoms with Crippen LogP contribution in [0.2, 0.25) is 5.02 Å². The molecule has 7 heteroatoms. The highest BCUT2D eigenvalue weighted by molar-refractivity contribution is 6.32. The van der Waals surface area contributed by atoms with Crippen molar-refractivity contribution in [3.05, 3.63) is 74.8 Å². The molecular weight excluding hydrogens is 322 g/mol. The minimum Gasteiger partial charge on any atom is -0.487 e. The van der Waals surface area contributed by atoms with Crippen LogP contribution in [0.5, 0.6) is 5.75 Å². The number of nitro groups is 1. The molecule has 0 fully saturated rings. The molecule has 0 unspecified atom stereocenters. The van der Waals surface area contributed by atoms with Crippen molar-refractivity contribution in [3.8, 4) is 5.75 Å². The number of rotatable bonds is 6. The van der Waals surface area contributed by atoms with Crippen molar-refractivity contribution in [1.29, 1.82) is 0 Å². The minimum atomic E-state index is -1.04. The molecule has 0 aromatic heterocycles. The fraction of sp³-hybridized carbons (Fsp3) is 0.0625. The molecule has 1 N–H and O–H groups in total. The zero-order valence-corrected chi connectivity index (χ0v) is 12.6. The van der Waals surface area contributed by atoms with Crippen LogP contribution < -0.4 is 4.74 Å². The third-order valence-electron chi connectivity index (χ3n) is 2.92. The third-order valence-corrected chi connectivity index (χ3v) is 3.21. The van der Waals surface area contributed by atoms with Crippen LogP contribution in [0.25, 0.3) is 6.08 Å². The standard InChI is InChI=1S/C16H12ClNO5/c17-14-9-11(4-8-16(19)20)3-7-15(14)23-10-12-1-5-13(6-2-12)18(21)22/h1-9H,10H2,(H,19,20)/b8-4+. The van der Waals surface area contributed by atoms with Gasteiger partial charge in [0, 0.05) is 18.2 Å². The zero-order valence-electron chi connectivity index (χ0n) is 11.8. The summed E-state index contributed by atoms with van der Waals surface area (Å²) in [5.41, 5.74) is 1.42. The number of carboxylic acids is 1. The van der Waals surface area contributed by atoms with E-state index >= 15 is 0 Å². The number of benzene rings is 2. The first-order valence-corrected chi connectivity index (χ1v) is 6.90. The van der Waals surface area contributed by atoms with Gasteiger partial charge in [0.25, 0.3) is 5.69 Å². The second kappa shape index (κ2) is 7.42. The molecule has 0 heterocycles. The van der Waals surface area contributed by atoms with E-state index in [0.717, 1.165) is 11.6 Å². The van der Waals surface area contributed by atoms with Crippen molar-refractivity contribution < 1.29 is 19.6 Å². The zero-order chi connectivity index (χ0) is 16.8. The van der Waals surface area contributed by atoms with Crippen LogP contribution in [0.1, 0.15) is 11.1 Å². The van der Waals surface area contributed by atoms with Gasteiger partial charge in [0.2, 0.25) is 0 Å². The van der Waals surface area contributed by atoms with Crippen LogP contribution in [0.3, 0.4) is 0 Å². The summed E-state index contributed by atoms with van der Waals surface area (Å²) < 4.78 is 5.56. The molecular formula is C16H12ClNO5. The van der Waals surface area contributed by atoms with E-state index in [-0.39, 0.29) is 12.3 Å². The molecule has 0 amide bonds. The Morgan fingerprint density at radius 3 is 2.52 bits per heavy atom. The smallest absolute Gasteiger partial charge is 0.328 e. The number of ether oxygens (including phenoxy) is 1. The van der Waals surface area contributed by atoms with Crippen molar-refractivity contribution in [2.75, 3.05) is 0 Å². The summed E-state index contributed by atoms with van der Waals surface area (Å²) in [6, 6.07) is 10.9. The van der Waals surface area contributed by atoms with Gasteiger partial charge in [0.05, 0.1) is 9.95 Å². The molecule has 0 aliphatic carbocycles. The maximum atomic E-state index is 10.6. The molecule has 6 nitrogen and oxygen atoms in total.